The molecule has 0 aromatic rings. The van der Waals surface area contributed by atoms with Crippen LogP contribution in [0.3, 0.4) is 0 Å². The molecule has 0 aromatic carbocycles. The average molecular weight is 182 g/mol. The van der Waals surface area contributed by atoms with E-state index in [-0.39, 0.29) is 0 Å². The molecule has 3 nitrogen and oxygen atoms in total. The number of hydrogen-bond acceptors (Lipinski definition) is 2. The molecule has 0 bridgehead atoms. The predicted octanol–water partition coefficient (Wildman–Crippen LogP) is 0.867. The Hall–Kier alpha value is -0.250. The summed E-state index contributed by atoms with van der Waals surface area (Å²) in [5, 5.41) is 0.834. The molecule has 4 heteroatoms. The Kier molecular flexibility index (Phi) is 4.75. The van der Waals surface area contributed by atoms with Crippen molar-refractivity contribution in [3.63, 3.8) is 0 Å². The topological polar surface area (TPSA) is 52.3 Å². The Labute approximate surface area is 56.3 Å². The third kappa shape index (κ3) is 5.75. The normalized spacial score (nSPS) is 8.62. The highest BCUT2D eigenvalue weighted by Crippen LogP contribution is 1.87. The van der Waals surface area contributed by atoms with E-state index in [1.807, 2.05) is 0 Å². The average Bonchev–Trinajstić information content (AvgIpc) is 1.66. The molecule has 8 heavy (non-hydrogen) atoms. The fourth-order valence-corrected chi connectivity index (χ4v) is 0.456. The van der Waals surface area contributed by atoms with Gasteiger partial charge >= 0.3 is 6.09 Å². The minimum Gasteiger partial charge on any atom is -0.450 e. The SMILES string of the molecule is NC(=O)OCCCBr. The maximum atomic E-state index is 9.86. The molecule has 0 spiro atoms. The van der Waals surface area contributed by atoms with Gasteiger partial charge in [-0.1, -0.05) is 15.9 Å². The first-order valence-electron chi connectivity index (χ1n) is 2.25. The number of amides is 1. The van der Waals surface area contributed by atoms with E-state index < -0.39 is 6.09 Å². The van der Waals surface area contributed by atoms with Gasteiger partial charge in [0.1, 0.15) is 0 Å². The fraction of sp³-hybridized carbons (Fsp3) is 0.750. The van der Waals surface area contributed by atoms with Gasteiger partial charge in [0.15, 0.2) is 0 Å². The van der Waals surface area contributed by atoms with Crippen LogP contribution >= 0.6 is 15.9 Å². The molecule has 0 aliphatic carbocycles. The van der Waals surface area contributed by atoms with Gasteiger partial charge in [-0.3, -0.25) is 0 Å². The maximum Gasteiger partial charge on any atom is 0.404 e. The molecule has 0 aromatic heterocycles. The standard InChI is InChI=1S/C4H8BrNO2/c5-2-1-3-8-4(6)7/h1-3H2,(H2,6,7). The quantitative estimate of drug-likeness (QED) is 0.519. The van der Waals surface area contributed by atoms with E-state index in [2.05, 4.69) is 26.4 Å². The molecular weight excluding hydrogens is 174 g/mol. The molecule has 0 heterocycles. The summed E-state index contributed by atoms with van der Waals surface area (Å²) in [5.41, 5.74) is 4.66. The zero-order valence-corrected chi connectivity index (χ0v) is 5.98. The molecule has 0 aliphatic rings. The molecule has 0 saturated heterocycles. The van der Waals surface area contributed by atoms with Gasteiger partial charge < -0.3 is 10.5 Å². The smallest absolute Gasteiger partial charge is 0.404 e. The summed E-state index contributed by atoms with van der Waals surface area (Å²) in [6.07, 6.45) is 0.106. The third-order valence-electron chi connectivity index (χ3n) is 0.522. The fourth-order valence-electron chi connectivity index (χ4n) is 0.227. The first-order valence-corrected chi connectivity index (χ1v) is 3.37. The third-order valence-corrected chi connectivity index (χ3v) is 1.08. The van der Waals surface area contributed by atoms with Crippen molar-refractivity contribution in [2.24, 2.45) is 5.73 Å². The molecule has 0 radical (unpaired) electrons. The zero-order chi connectivity index (χ0) is 6.41. The summed E-state index contributed by atoms with van der Waals surface area (Å²) in [7, 11) is 0. The summed E-state index contributed by atoms with van der Waals surface area (Å²) in [4.78, 5) is 9.86. The Morgan fingerprint density at radius 3 is 2.75 bits per heavy atom. The van der Waals surface area contributed by atoms with E-state index in [1.54, 1.807) is 0 Å². The van der Waals surface area contributed by atoms with Crippen LogP contribution in [0.15, 0.2) is 0 Å². The summed E-state index contributed by atoms with van der Waals surface area (Å²) >= 11 is 3.17. The van der Waals surface area contributed by atoms with Crippen LogP contribution in [0, 0.1) is 0 Å². The highest BCUT2D eigenvalue weighted by molar-refractivity contribution is 9.09. The van der Waals surface area contributed by atoms with Crippen LogP contribution < -0.4 is 5.73 Å². The second kappa shape index (κ2) is 4.90. The molecule has 0 atom stereocenters. The van der Waals surface area contributed by atoms with Crippen LogP contribution in [0.4, 0.5) is 4.79 Å². The van der Waals surface area contributed by atoms with Gasteiger partial charge in [0.05, 0.1) is 6.61 Å². The van der Waals surface area contributed by atoms with E-state index in [1.165, 1.54) is 0 Å². The van der Waals surface area contributed by atoms with Gasteiger partial charge in [-0.25, -0.2) is 4.79 Å². The largest absolute Gasteiger partial charge is 0.450 e. The van der Waals surface area contributed by atoms with Crippen molar-refractivity contribution < 1.29 is 9.53 Å². The van der Waals surface area contributed by atoms with Crippen molar-refractivity contribution in [2.45, 2.75) is 6.42 Å². The number of halogens is 1. The molecule has 0 unspecified atom stereocenters. The number of hydrogen-bond donors (Lipinski definition) is 1. The second-order valence-corrected chi connectivity index (χ2v) is 2.00. The van der Waals surface area contributed by atoms with Crippen LogP contribution in [0.2, 0.25) is 0 Å². The summed E-state index contributed by atoms with van der Waals surface area (Å²) in [5.74, 6) is 0. The van der Waals surface area contributed by atoms with E-state index in [0.717, 1.165) is 11.8 Å². The van der Waals surface area contributed by atoms with Crippen LogP contribution in [0.25, 0.3) is 0 Å². The van der Waals surface area contributed by atoms with Gasteiger partial charge in [0, 0.05) is 5.33 Å². The maximum absolute atomic E-state index is 9.86. The number of alkyl halides is 1. The van der Waals surface area contributed by atoms with Gasteiger partial charge in [-0.15, -0.1) is 0 Å². The van der Waals surface area contributed by atoms with Gasteiger partial charge in [-0.05, 0) is 6.42 Å². The van der Waals surface area contributed by atoms with E-state index >= 15 is 0 Å². The number of carbonyl (C=O) groups is 1. The Bertz CT molecular complexity index is 76.4. The van der Waals surface area contributed by atoms with Crippen LogP contribution in [-0.2, 0) is 4.74 Å². The predicted molar refractivity (Wildman–Crippen MR) is 33.9 cm³/mol. The molecule has 0 saturated carbocycles. The highest BCUT2D eigenvalue weighted by atomic mass is 79.9. The number of ether oxygens (including phenoxy) is 1. The summed E-state index contributed by atoms with van der Waals surface area (Å²) in [6.45, 7) is 0.403. The molecule has 2 N–H and O–H groups in total. The van der Waals surface area contributed by atoms with Crippen molar-refractivity contribution in [1.82, 2.24) is 0 Å². The van der Waals surface area contributed by atoms with Crippen molar-refractivity contribution in [1.29, 1.82) is 0 Å². The minimum absolute atomic E-state index is 0.403. The van der Waals surface area contributed by atoms with E-state index in [0.29, 0.717) is 6.61 Å². The van der Waals surface area contributed by atoms with E-state index in [9.17, 15) is 4.79 Å². The minimum atomic E-state index is -0.703. The lowest BCUT2D eigenvalue weighted by atomic mass is 10.5. The number of nitrogens with two attached hydrogens (primary N) is 1. The van der Waals surface area contributed by atoms with Crippen molar-refractivity contribution in [2.75, 3.05) is 11.9 Å². The number of rotatable bonds is 3. The van der Waals surface area contributed by atoms with Crippen LogP contribution in [0.5, 0.6) is 0 Å². The van der Waals surface area contributed by atoms with Crippen molar-refractivity contribution in [3.8, 4) is 0 Å². The number of carbonyl (C=O) groups excluding carboxylic acids is 1. The molecule has 0 fully saturated rings. The monoisotopic (exact) mass is 181 g/mol. The van der Waals surface area contributed by atoms with Crippen molar-refractivity contribution >= 4 is 22.0 Å². The molecule has 0 rings (SSSR count). The van der Waals surface area contributed by atoms with E-state index in [4.69, 9.17) is 0 Å². The molecule has 48 valence electrons. The first-order chi connectivity index (χ1) is 3.77. The Morgan fingerprint density at radius 2 is 2.38 bits per heavy atom. The zero-order valence-electron chi connectivity index (χ0n) is 4.39. The van der Waals surface area contributed by atoms with Crippen LogP contribution in [-0.4, -0.2) is 18.0 Å². The van der Waals surface area contributed by atoms with Crippen LogP contribution in [0.1, 0.15) is 6.42 Å². The van der Waals surface area contributed by atoms with Gasteiger partial charge in [0.25, 0.3) is 0 Å². The lowest BCUT2D eigenvalue weighted by molar-refractivity contribution is 0.157. The lowest BCUT2D eigenvalue weighted by Gasteiger charge is -1.95. The highest BCUT2D eigenvalue weighted by Gasteiger charge is 1.89. The number of primary amides is 1. The van der Waals surface area contributed by atoms with Gasteiger partial charge in [-0.2, -0.15) is 0 Å². The molecule has 1 amide bonds. The summed E-state index contributed by atoms with van der Waals surface area (Å²) < 4.78 is 4.39. The second-order valence-electron chi connectivity index (χ2n) is 1.21. The summed E-state index contributed by atoms with van der Waals surface area (Å²) in [6, 6.07) is 0. The van der Waals surface area contributed by atoms with Crippen molar-refractivity contribution in [3.05, 3.63) is 0 Å². The van der Waals surface area contributed by atoms with Gasteiger partial charge in [0.2, 0.25) is 0 Å². The Morgan fingerprint density at radius 1 is 1.75 bits per heavy atom. The first kappa shape index (κ1) is 7.75. The lowest BCUT2D eigenvalue weighted by Crippen LogP contribution is -2.13. The molecule has 0 aliphatic heterocycles. The molecular formula is C4H8BrNO2. The Balaban J connectivity index is 2.82.